The lowest BCUT2D eigenvalue weighted by Crippen LogP contribution is -2.00. The topological polar surface area (TPSA) is 180 Å². The molecule has 14 heteroatoms. The van der Waals surface area contributed by atoms with Gasteiger partial charge in [0.1, 0.15) is 5.69 Å². The first-order chi connectivity index (χ1) is 15.6. The van der Waals surface area contributed by atoms with E-state index >= 15 is 0 Å². The van der Waals surface area contributed by atoms with Crippen LogP contribution in [0.4, 0.5) is 22.7 Å². The normalized spacial score (nSPS) is 10.8. The van der Waals surface area contributed by atoms with Gasteiger partial charge in [-0.3, -0.25) is 35.8 Å². The molecule has 0 bridgehead atoms. The Morgan fingerprint density at radius 1 is 0.879 bits per heavy atom. The zero-order valence-corrected chi connectivity index (χ0v) is 18.0. The van der Waals surface area contributed by atoms with Gasteiger partial charge in [0.25, 0.3) is 11.4 Å². The SMILES string of the molecule is Cc1cc(C)nc(Sc2ccc([N+](=O)[O-])cc2/C=N\Nc2ccc([N+](=O)[O-])cc2[N+](=O)[O-])n1. The van der Waals surface area contributed by atoms with Gasteiger partial charge >= 0.3 is 5.69 Å². The van der Waals surface area contributed by atoms with Crippen LogP contribution in [0.15, 0.2) is 57.6 Å². The Hall–Kier alpha value is -4.46. The minimum atomic E-state index is -0.781. The number of nitro groups is 3. The summed E-state index contributed by atoms with van der Waals surface area (Å²) >= 11 is 1.18. The van der Waals surface area contributed by atoms with Crippen LogP contribution in [0.25, 0.3) is 0 Å². The Balaban J connectivity index is 1.93. The van der Waals surface area contributed by atoms with Crippen molar-refractivity contribution < 1.29 is 14.8 Å². The Labute approximate surface area is 190 Å². The van der Waals surface area contributed by atoms with Crippen LogP contribution in [0.3, 0.4) is 0 Å². The Kier molecular flexibility index (Phi) is 6.88. The second-order valence-corrected chi connectivity index (χ2v) is 7.61. The van der Waals surface area contributed by atoms with Crippen LogP contribution in [0.2, 0.25) is 0 Å². The van der Waals surface area contributed by atoms with Crippen LogP contribution < -0.4 is 5.43 Å². The molecule has 33 heavy (non-hydrogen) atoms. The van der Waals surface area contributed by atoms with Gasteiger partial charge in [0, 0.05) is 40.0 Å². The maximum atomic E-state index is 11.3. The molecule has 0 radical (unpaired) electrons. The molecule has 0 aliphatic carbocycles. The largest absolute Gasteiger partial charge is 0.301 e. The number of hydrazone groups is 1. The van der Waals surface area contributed by atoms with E-state index in [2.05, 4.69) is 20.5 Å². The Morgan fingerprint density at radius 2 is 1.48 bits per heavy atom. The number of anilines is 1. The summed E-state index contributed by atoms with van der Waals surface area (Å²) in [5.74, 6) is 0. The van der Waals surface area contributed by atoms with Gasteiger partial charge in [0.15, 0.2) is 5.16 Å². The molecule has 0 atom stereocenters. The number of non-ortho nitro benzene ring substituents is 2. The molecule has 0 saturated carbocycles. The van der Waals surface area contributed by atoms with Crippen molar-refractivity contribution in [2.45, 2.75) is 23.9 Å². The van der Waals surface area contributed by atoms with Crippen molar-refractivity contribution in [2.75, 3.05) is 5.43 Å². The van der Waals surface area contributed by atoms with Crippen molar-refractivity contribution in [3.8, 4) is 0 Å². The fraction of sp³-hybridized carbons (Fsp3) is 0.105. The minimum absolute atomic E-state index is 0.0841. The van der Waals surface area contributed by atoms with Crippen molar-refractivity contribution in [1.82, 2.24) is 9.97 Å². The summed E-state index contributed by atoms with van der Waals surface area (Å²) in [6, 6.07) is 9.01. The molecular formula is C19H15N7O6S. The standard InChI is InChI=1S/C19H15N7O6S/c1-11-7-12(2)22-19(21-11)33-18-6-4-14(24(27)28)8-13(18)10-20-23-16-5-3-15(25(29)30)9-17(16)26(31)32/h3-10,23H,1-2H3/b20-10-. The van der Waals surface area contributed by atoms with Crippen molar-refractivity contribution in [2.24, 2.45) is 5.10 Å². The minimum Gasteiger partial charge on any atom is -0.272 e. The highest BCUT2D eigenvalue weighted by atomic mass is 32.2. The van der Waals surface area contributed by atoms with E-state index in [4.69, 9.17) is 0 Å². The zero-order valence-electron chi connectivity index (χ0n) is 17.2. The van der Waals surface area contributed by atoms with Gasteiger partial charge in [-0.1, -0.05) is 0 Å². The zero-order chi connectivity index (χ0) is 24.1. The summed E-state index contributed by atoms with van der Waals surface area (Å²) in [5.41, 5.74) is 3.07. The molecule has 2 aromatic carbocycles. The average Bonchev–Trinajstić information content (AvgIpc) is 2.73. The van der Waals surface area contributed by atoms with Gasteiger partial charge in [-0.05, 0) is 43.8 Å². The molecule has 0 aliphatic heterocycles. The molecule has 0 aliphatic rings. The third-order valence-corrected chi connectivity index (χ3v) is 5.10. The molecule has 0 amide bonds. The van der Waals surface area contributed by atoms with E-state index in [0.29, 0.717) is 15.6 Å². The number of aryl methyl sites for hydroxylation is 2. The van der Waals surface area contributed by atoms with Crippen molar-refractivity contribution in [3.05, 3.63) is 89.8 Å². The quantitative estimate of drug-likeness (QED) is 0.215. The smallest absolute Gasteiger partial charge is 0.272 e. The second kappa shape index (κ2) is 9.78. The lowest BCUT2D eigenvalue weighted by Gasteiger charge is -2.07. The third kappa shape index (κ3) is 5.82. The fourth-order valence-corrected chi connectivity index (χ4v) is 3.67. The number of hydrogen-bond donors (Lipinski definition) is 1. The molecule has 0 fully saturated rings. The molecule has 168 valence electrons. The first kappa shape index (κ1) is 23.2. The first-order valence-electron chi connectivity index (χ1n) is 9.14. The van der Waals surface area contributed by atoms with E-state index in [9.17, 15) is 30.3 Å². The van der Waals surface area contributed by atoms with E-state index < -0.39 is 26.1 Å². The maximum Gasteiger partial charge on any atom is 0.301 e. The molecule has 1 heterocycles. The highest BCUT2D eigenvalue weighted by molar-refractivity contribution is 7.99. The van der Waals surface area contributed by atoms with Gasteiger partial charge in [-0.25, -0.2) is 9.97 Å². The lowest BCUT2D eigenvalue weighted by atomic mass is 10.2. The van der Waals surface area contributed by atoms with Crippen molar-refractivity contribution in [3.63, 3.8) is 0 Å². The number of nitrogens with one attached hydrogen (secondary N) is 1. The van der Waals surface area contributed by atoms with Gasteiger partial charge in [0.2, 0.25) is 0 Å². The van der Waals surface area contributed by atoms with Crippen LogP contribution in [-0.4, -0.2) is 31.0 Å². The van der Waals surface area contributed by atoms with Crippen LogP contribution in [0.5, 0.6) is 0 Å². The first-order valence-corrected chi connectivity index (χ1v) is 9.96. The molecule has 0 unspecified atom stereocenters. The molecule has 13 nitrogen and oxygen atoms in total. The predicted molar refractivity (Wildman–Crippen MR) is 120 cm³/mol. The van der Waals surface area contributed by atoms with Gasteiger partial charge < -0.3 is 0 Å². The van der Waals surface area contributed by atoms with Crippen molar-refractivity contribution in [1.29, 1.82) is 0 Å². The van der Waals surface area contributed by atoms with E-state index in [0.717, 1.165) is 29.6 Å². The van der Waals surface area contributed by atoms with Crippen LogP contribution >= 0.6 is 11.8 Å². The maximum absolute atomic E-state index is 11.3. The number of nitrogens with zero attached hydrogens (tertiary/aromatic N) is 6. The van der Waals surface area contributed by atoms with Gasteiger partial charge in [0.05, 0.1) is 27.1 Å². The summed E-state index contributed by atoms with van der Waals surface area (Å²) in [5, 5.41) is 37.7. The summed E-state index contributed by atoms with van der Waals surface area (Å²) in [6.45, 7) is 3.63. The number of aromatic nitrogens is 2. The lowest BCUT2D eigenvalue weighted by molar-refractivity contribution is -0.393. The van der Waals surface area contributed by atoms with Crippen molar-refractivity contribution >= 4 is 40.7 Å². The molecule has 1 aromatic heterocycles. The Bertz CT molecular complexity index is 1280. The molecule has 0 saturated heterocycles. The number of rotatable bonds is 8. The van der Waals surface area contributed by atoms with E-state index in [1.54, 1.807) is 0 Å². The van der Waals surface area contributed by atoms with Gasteiger partial charge in [-0.2, -0.15) is 5.10 Å². The number of hydrogen-bond acceptors (Lipinski definition) is 11. The Morgan fingerprint density at radius 3 is 2.09 bits per heavy atom. The number of nitro benzene ring substituents is 3. The van der Waals surface area contributed by atoms with Crippen LogP contribution in [0.1, 0.15) is 17.0 Å². The number of benzene rings is 2. The molecule has 3 aromatic rings. The molecule has 0 spiro atoms. The summed E-state index contributed by atoms with van der Waals surface area (Å²) < 4.78 is 0. The molecular weight excluding hydrogens is 454 g/mol. The van der Waals surface area contributed by atoms with E-state index in [1.165, 1.54) is 36.2 Å². The monoisotopic (exact) mass is 469 g/mol. The predicted octanol–water partition coefficient (Wildman–Crippen LogP) is 4.42. The fourth-order valence-electron chi connectivity index (χ4n) is 2.73. The third-order valence-electron chi connectivity index (χ3n) is 4.14. The van der Waals surface area contributed by atoms with Crippen LogP contribution in [0, 0.1) is 44.2 Å². The highest BCUT2D eigenvalue weighted by Gasteiger charge is 2.19. The van der Waals surface area contributed by atoms with Crippen LogP contribution in [-0.2, 0) is 0 Å². The summed E-state index contributed by atoms with van der Waals surface area (Å²) in [6.07, 6.45) is 1.25. The summed E-state index contributed by atoms with van der Waals surface area (Å²) in [4.78, 5) is 40.5. The van der Waals surface area contributed by atoms with E-state index in [1.807, 2.05) is 19.9 Å². The van der Waals surface area contributed by atoms with E-state index in [-0.39, 0.29) is 11.4 Å². The van der Waals surface area contributed by atoms with Gasteiger partial charge in [-0.15, -0.1) is 0 Å². The molecule has 3 rings (SSSR count). The molecule has 1 N–H and O–H groups in total. The summed E-state index contributed by atoms with van der Waals surface area (Å²) in [7, 11) is 0. The second-order valence-electron chi connectivity index (χ2n) is 6.60. The highest BCUT2D eigenvalue weighted by Crippen LogP contribution is 2.31. The average molecular weight is 469 g/mol.